The van der Waals surface area contributed by atoms with Crippen LogP contribution in [-0.4, -0.2) is 22.8 Å². The quantitative estimate of drug-likeness (QED) is 0.504. The van der Waals surface area contributed by atoms with Crippen LogP contribution in [0.5, 0.6) is 0 Å². The first-order valence-corrected chi connectivity index (χ1v) is 10.7. The molecule has 1 aromatic heterocycles. The first kappa shape index (κ1) is 23.3. The Bertz CT molecular complexity index is 633. The van der Waals surface area contributed by atoms with Crippen LogP contribution in [0.4, 0.5) is 5.13 Å². The Kier molecular flexibility index (Phi) is 10.3. The van der Waals surface area contributed by atoms with E-state index in [4.69, 9.17) is 0 Å². The largest absolute Gasteiger partial charge is 0.344 e. The predicted octanol–water partition coefficient (Wildman–Crippen LogP) is 5.26. The zero-order chi connectivity index (χ0) is 20.4. The number of amides is 2. The van der Waals surface area contributed by atoms with E-state index in [2.05, 4.69) is 56.3 Å². The summed E-state index contributed by atoms with van der Waals surface area (Å²) in [5.41, 5.74) is 1.30. The summed E-state index contributed by atoms with van der Waals surface area (Å²) < 4.78 is 0. The third kappa shape index (κ3) is 9.18. The van der Waals surface area contributed by atoms with E-state index in [1.165, 1.54) is 16.9 Å². The van der Waals surface area contributed by atoms with Gasteiger partial charge in [-0.05, 0) is 44.9 Å². The van der Waals surface area contributed by atoms with Crippen molar-refractivity contribution >= 4 is 28.3 Å². The summed E-state index contributed by atoms with van der Waals surface area (Å²) in [6, 6.07) is -0.515. The van der Waals surface area contributed by atoms with Crippen molar-refractivity contribution in [3.05, 3.63) is 22.7 Å². The standard InChI is InChI=1S/C21H35N3O2S/c1-7-9-17(20(26)24-21-22-13-18(27-21)15(4)5)23-19(25)12-16(6)11-8-10-14(2)3/h10,13,15-17H,7-9,11-12H2,1-6H3,(H,23,25)(H,22,24,26)/t16-,17-/m0/s1. The van der Waals surface area contributed by atoms with E-state index in [1.807, 2.05) is 6.92 Å². The SMILES string of the molecule is CCC[C@H](NC(=O)C[C@@H](C)CCC=C(C)C)C(=O)Nc1ncc(C(C)C)s1. The van der Waals surface area contributed by atoms with Crippen molar-refractivity contribution in [2.75, 3.05) is 5.32 Å². The van der Waals surface area contributed by atoms with Crippen molar-refractivity contribution in [1.29, 1.82) is 0 Å². The number of hydrogen-bond donors (Lipinski definition) is 2. The van der Waals surface area contributed by atoms with E-state index in [0.29, 0.717) is 29.8 Å². The second-order valence-corrected chi connectivity index (χ2v) is 8.85. The summed E-state index contributed by atoms with van der Waals surface area (Å²) in [6.07, 6.45) is 7.83. The molecule has 0 bridgehead atoms. The van der Waals surface area contributed by atoms with E-state index in [0.717, 1.165) is 24.1 Å². The number of rotatable bonds is 11. The second kappa shape index (κ2) is 11.9. The molecule has 2 N–H and O–H groups in total. The lowest BCUT2D eigenvalue weighted by molar-refractivity contribution is -0.127. The Hall–Kier alpha value is -1.69. The number of allylic oxidation sites excluding steroid dienone is 2. The minimum Gasteiger partial charge on any atom is -0.344 e. The molecule has 0 saturated carbocycles. The van der Waals surface area contributed by atoms with Gasteiger partial charge in [-0.25, -0.2) is 4.98 Å². The summed E-state index contributed by atoms with van der Waals surface area (Å²) in [4.78, 5) is 30.3. The van der Waals surface area contributed by atoms with Gasteiger partial charge in [0.2, 0.25) is 11.8 Å². The van der Waals surface area contributed by atoms with Crippen LogP contribution >= 0.6 is 11.3 Å². The molecule has 0 aliphatic rings. The molecule has 152 valence electrons. The molecule has 1 heterocycles. The second-order valence-electron chi connectivity index (χ2n) is 7.79. The highest BCUT2D eigenvalue weighted by atomic mass is 32.1. The van der Waals surface area contributed by atoms with Gasteiger partial charge in [0.05, 0.1) is 0 Å². The van der Waals surface area contributed by atoms with Crippen LogP contribution in [0, 0.1) is 5.92 Å². The number of hydrogen-bond acceptors (Lipinski definition) is 4. The molecule has 5 nitrogen and oxygen atoms in total. The molecule has 0 aliphatic heterocycles. The highest BCUT2D eigenvalue weighted by Gasteiger charge is 2.22. The maximum atomic E-state index is 12.6. The van der Waals surface area contributed by atoms with E-state index >= 15 is 0 Å². The van der Waals surface area contributed by atoms with Crippen molar-refractivity contribution < 1.29 is 9.59 Å². The van der Waals surface area contributed by atoms with Gasteiger partial charge in [-0.2, -0.15) is 0 Å². The number of carbonyl (C=O) groups excluding carboxylic acids is 2. The molecule has 0 spiro atoms. The first-order valence-electron chi connectivity index (χ1n) is 9.92. The van der Waals surface area contributed by atoms with Gasteiger partial charge in [-0.15, -0.1) is 11.3 Å². The molecule has 2 amide bonds. The van der Waals surface area contributed by atoms with Crippen LogP contribution in [-0.2, 0) is 9.59 Å². The zero-order valence-electron chi connectivity index (χ0n) is 17.6. The highest BCUT2D eigenvalue weighted by molar-refractivity contribution is 7.15. The zero-order valence-corrected chi connectivity index (χ0v) is 18.4. The van der Waals surface area contributed by atoms with Crippen molar-refractivity contribution in [3.8, 4) is 0 Å². The van der Waals surface area contributed by atoms with Gasteiger partial charge in [-0.1, -0.05) is 45.8 Å². The molecule has 1 rings (SSSR count). The fourth-order valence-electron chi connectivity index (χ4n) is 2.69. The normalized spacial score (nSPS) is 13.1. The molecule has 27 heavy (non-hydrogen) atoms. The Morgan fingerprint density at radius 2 is 1.93 bits per heavy atom. The van der Waals surface area contributed by atoms with Crippen LogP contribution in [0.2, 0.25) is 0 Å². The van der Waals surface area contributed by atoms with Crippen LogP contribution in [0.25, 0.3) is 0 Å². The molecule has 0 aliphatic carbocycles. The summed E-state index contributed by atoms with van der Waals surface area (Å²) in [7, 11) is 0. The number of anilines is 1. The van der Waals surface area contributed by atoms with Crippen molar-refractivity contribution in [2.45, 2.75) is 85.6 Å². The number of nitrogens with zero attached hydrogens (tertiary/aromatic N) is 1. The summed E-state index contributed by atoms with van der Waals surface area (Å²) in [5.74, 6) is 0.424. The number of thiazole rings is 1. The van der Waals surface area contributed by atoms with Crippen molar-refractivity contribution in [3.63, 3.8) is 0 Å². The van der Waals surface area contributed by atoms with Gasteiger partial charge in [-0.3, -0.25) is 9.59 Å². The van der Waals surface area contributed by atoms with E-state index in [-0.39, 0.29) is 11.8 Å². The molecule has 1 aromatic rings. The first-order chi connectivity index (χ1) is 12.7. The highest BCUT2D eigenvalue weighted by Crippen LogP contribution is 2.25. The maximum Gasteiger partial charge on any atom is 0.248 e. The fourth-order valence-corrected chi connectivity index (χ4v) is 3.51. The predicted molar refractivity (Wildman–Crippen MR) is 114 cm³/mol. The van der Waals surface area contributed by atoms with E-state index in [9.17, 15) is 9.59 Å². The average Bonchev–Trinajstić information content (AvgIpc) is 3.02. The number of carbonyl (C=O) groups is 2. The molecule has 0 aromatic carbocycles. The third-order valence-corrected chi connectivity index (χ3v) is 5.51. The Morgan fingerprint density at radius 3 is 2.48 bits per heavy atom. The lowest BCUT2D eigenvalue weighted by Gasteiger charge is -2.18. The summed E-state index contributed by atoms with van der Waals surface area (Å²) in [5, 5.41) is 6.35. The molecule has 2 atom stereocenters. The van der Waals surface area contributed by atoms with Crippen molar-refractivity contribution in [1.82, 2.24) is 10.3 Å². The summed E-state index contributed by atoms with van der Waals surface area (Å²) in [6.45, 7) is 12.4. The van der Waals surface area contributed by atoms with Gasteiger partial charge in [0.15, 0.2) is 5.13 Å². The fraction of sp³-hybridized carbons (Fsp3) is 0.667. The molecular formula is C21H35N3O2S. The van der Waals surface area contributed by atoms with Gasteiger partial charge in [0.1, 0.15) is 6.04 Å². The molecule has 0 saturated heterocycles. The lowest BCUT2D eigenvalue weighted by Crippen LogP contribution is -2.44. The monoisotopic (exact) mass is 393 g/mol. The van der Waals surface area contributed by atoms with Gasteiger partial charge in [0.25, 0.3) is 0 Å². The minimum absolute atomic E-state index is 0.0599. The maximum absolute atomic E-state index is 12.6. The van der Waals surface area contributed by atoms with Crippen molar-refractivity contribution in [2.24, 2.45) is 5.92 Å². The van der Waals surface area contributed by atoms with Crippen LogP contribution in [0.15, 0.2) is 17.8 Å². The molecular weight excluding hydrogens is 358 g/mol. The number of nitrogens with one attached hydrogen (secondary N) is 2. The third-order valence-electron chi connectivity index (χ3n) is 4.30. The number of aromatic nitrogens is 1. The smallest absolute Gasteiger partial charge is 0.248 e. The lowest BCUT2D eigenvalue weighted by atomic mass is 10.00. The minimum atomic E-state index is -0.515. The average molecular weight is 394 g/mol. The van der Waals surface area contributed by atoms with E-state index < -0.39 is 6.04 Å². The molecule has 0 unspecified atom stereocenters. The summed E-state index contributed by atoms with van der Waals surface area (Å²) >= 11 is 1.48. The van der Waals surface area contributed by atoms with Gasteiger partial charge < -0.3 is 10.6 Å². The Labute approximate surface area is 168 Å². The van der Waals surface area contributed by atoms with Gasteiger partial charge in [0, 0.05) is 17.5 Å². The van der Waals surface area contributed by atoms with E-state index in [1.54, 1.807) is 6.20 Å². The molecule has 0 fully saturated rings. The van der Waals surface area contributed by atoms with Crippen LogP contribution in [0.3, 0.4) is 0 Å². The molecule has 0 radical (unpaired) electrons. The Balaban J connectivity index is 2.56. The van der Waals surface area contributed by atoms with Crippen LogP contribution < -0.4 is 10.6 Å². The Morgan fingerprint density at radius 1 is 1.22 bits per heavy atom. The molecule has 6 heteroatoms. The van der Waals surface area contributed by atoms with Crippen LogP contribution in [0.1, 0.15) is 84.4 Å². The topological polar surface area (TPSA) is 71.1 Å². The van der Waals surface area contributed by atoms with Gasteiger partial charge >= 0.3 is 0 Å².